The zero-order valence-electron chi connectivity index (χ0n) is 11.6. The van der Waals surface area contributed by atoms with Crippen molar-refractivity contribution in [1.82, 2.24) is 9.78 Å². The summed E-state index contributed by atoms with van der Waals surface area (Å²) < 4.78 is 28.3. The molecule has 112 valence electrons. The molecule has 0 bridgehead atoms. The topological polar surface area (TPSA) is 101 Å². The van der Waals surface area contributed by atoms with Crippen LogP contribution in [0.1, 0.15) is 22.8 Å². The summed E-state index contributed by atoms with van der Waals surface area (Å²) in [5.74, 6) is -1.11. The number of hydrogen-bond acceptors (Lipinski definition) is 4. The molecule has 1 aromatic carbocycles. The van der Waals surface area contributed by atoms with E-state index in [4.69, 9.17) is 5.11 Å². The van der Waals surface area contributed by atoms with E-state index in [2.05, 4.69) is 9.82 Å². The standard InChI is InChI=1S/C13H15N3O4S/c1-3-9-4-5-10(13(17)18)8-11(9)15-21(19,20)12-6-7-14-16(12)2/h4-8,15H,3H2,1-2H3,(H,17,18). The molecule has 1 heterocycles. The Kier molecular flexibility index (Phi) is 3.99. The third-order valence-electron chi connectivity index (χ3n) is 3.03. The average Bonchev–Trinajstić information content (AvgIpc) is 2.85. The molecule has 0 aliphatic rings. The zero-order valence-corrected chi connectivity index (χ0v) is 12.4. The summed E-state index contributed by atoms with van der Waals surface area (Å²) in [5.41, 5.74) is 0.999. The molecule has 2 rings (SSSR count). The summed E-state index contributed by atoms with van der Waals surface area (Å²) in [6.45, 7) is 1.86. The molecule has 2 N–H and O–H groups in total. The van der Waals surface area contributed by atoms with Gasteiger partial charge in [0.2, 0.25) is 0 Å². The van der Waals surface area contributed by atoms with Crippen LogP contribution in [0.3, 0.4) is 0 Å². The fourth-order valence-corrected chi connectivity index (χ4v) is 3.15. The van der Waals surface area contributed by atoms with E-state index >= 15 is 0 Å². The van der Waals surface area contributed by atoms with Crippen molar-refractivity contribution in [3.8, 4) is 0 Å². The van der Waals surface area contributed by atoms with E-state index in [-0.39, 0.29) is 16.3 Å². The van der Waals surface area contributed by atoms with E-state index in [0.29, 0.717) is 12.0 Å². The Hall–Kier alpha value is -2.35. The molecule has 21 heavy (non-hydrogen) atoms. The van der Waals surface area contributed by atoms with Gasteiger partial charge in [-0.1, -0.05) is 13.0 Å². The number of carboxylic acid groups (broad SMARTS) is 1. The van der Waals surface area contributed by atoms with Crippen LogP contribution < -0.4 is 4.72 Å². The Morgan fingerprint density at radius 2 is 2.10 bits per heavy atom. The van der Waals surface area contributed by atoms with E-state index in [0.717, 1.165) is 0 Å². The van der Waals surface area contributed by atoms with E-state index in [1.807, 2.05) is 6.92 Å². The maximum absolute atomic E-state index is 12.3. The summed E-state index contributed by atoms with van der Waals surface area (Å²) in [5, 5.41) is 12.8. The second-order valence-electron chi connectivity index (χ2n) is 4.43. The van der Waals surface area contributed by atoms with Crippen LogP contribution in [-0.4, -0.2) is 29.3 Å². The fraction of sp³-hybridized carbons (Fsp3) is 0.231. The quantitative estimate of drug-likeness (QED) is 0.871. The predicted octanol–water partition coefficient (Wildman–Crippen LogP) is 1.48. The third-order valence-corrected chi connectivity index (χ3v) is 4.47. The molecule has 0 aliphatic heterocycles. The minimum absolute atomic E-state index is 0.00489. The molecule has 0 radical (unpaired) electrons. The highest BCUT2D eigenvalue weighted by Crippen LogP contribution is 2.22. The van der Waals surface area contributed by atoms with Crippen molar-refractivity contribution in [2.24, 2.45) is 7.05 Å². The lowest BCUT2D eigenvalue weighted by atomic mass is 10.1. The van der Waals surface area contributed by atoms with Gasteiger partial charge >= 0.3 is 5.97 Å². The number of hydrogen-bond donors (Lipinski definition) is 2. The third kappa shape index (κ3) is 3.05. The van der Waals surface area contributed by atoms with Gasteiger partial charge < -0.3 is 5.11 Å². The van der Waals surface area contributed by atoms with Gasteiger partial charge in [-0.15, -0.1) is 0 Å². The summed E-state index contributed by atoms with van der Waals surface area (Å²) in [6.07, 6.45) is 1.95. The second kappa shape index (κ2) is 5.57. The summed E-state index contributed by atoms with van der Waals surface area (Å²) >= 11 is 0. The van der Waals surface area contributed by atoms with Crippen molar-refractivity contribution < 1.29 is 18.3 Å². The maximum atomic E-state index is 12.3. The Balaban J connectivity index is 2.45. The Morgan fingerprint density at radius 3 is 2.62 bits per heavy atom. The predicted molar refractivity (Wildman–Crippen MR) is 76.8 cm³/mol. The van der Waals surface area contributed by atoms with Crippen LogP contribution in [-0.2, 0) is 23.5 Å². The van der Waals surface area contributed by atoms with Crippen molar-refractivity contribution in [2.45, 2.75) is 18.4 Å². The molecule has 2 aromatic rings. The van der Waals surface area contributed by atoms with Crippen molar-refractivity contribution >= 4 is 21.7 Å². The van der Waals surface area contributed by atoms with Gasteiger partial charge in [-0.25, -0.2) is 4.79 Å². The zero-order chi connectivity index (χ0) is 15.6. The first kappa shape index (κ1) is 15.0. The molecule has 1 aromatic heterocycles. The van der Waals surface area contributed by atoms with Gasteiger partial charge in [0.05, 0.1) is 17.4 Å². The highest BCUT2D eigenvalue weighted by molar-refractivity contribution is 7.92. The number of aromatic nitrogens is 2. The number of aromatic carboxylic acids is 1. The highest BCUT2D eigenvalue weighted by Gasteiger charge is 2.20. The van der Waals surface area contributed by atoms with E-state index < -0.39 is 16.0 Å². The number of aryl methyl sites for hydroxylation is 2. The molecule has 0 atom stereocenters. The van der Waals surface area contributed by atoms with Crippen LogP contribution in [0.5, 0.6) is 0 Å². The van der Waals surface area contributed by atoms with Gasteiger partial charge in [-0.3, -0.25) is 9.40 Å². The molecule has 0 unspecified atom stereocenters. The first-order valence-corrected chi connectivity index (χ1v) is 7.70. The maximum Gasteiger partial charge on any atom is 0.335 e. The first-order chi connectivity index (χ1) is 9.85. The molecule has 0 fully saturated rings. The van der Waals surface area contributed by atoms with Gasteiger partial charge in [0.25, 0.3) is 10.0 Å². The lowest BCUT2D eigenvalue weighted by molar-refractivity contribution is 0.0697. The van der Waals surface area contributed by atoms with E-state index in [9.17, 15) is 13.2 Å². The number of nitrogens with zero attached hydrogens (tertiary/aromatic N) is 2. The van der Waals surface area contributed by atoms with Crippen LogP contribution in [0.2, 0.25) is 0 Å². The number of carbonyl (C=O) groups is 1. The lowest BCUT2D eigenvalue weighted by Crippen LogP contribution is -2.18. The molecule has 7 nitrogen and oxygen atoms in total. The Bertz CT molecular complexity index is 780. The molecule has 8 heteroatoms. The van der Waals surface area contributed by atoms with Gasteiger partial charge in [0, 0.05) is 7.05 Å². The van der Waals surface area contributed by atoms with Crippen molar-refractivity contribution in [3.05, 3.63) is 41.6 Å². The number of sulfonamides is 1. The lowest BCUT2D eigenvalue weighted by Gasteiger charge is -2.12. The normalized spacial score (nSPS) is 11.3. The first-order valence-electron chi connectivity index (χ1n) is 6.22. The van der Waals surface area contributed by atoms with Crippen LogP contribution in [0, 0.1) is 0 Å². The van der Waals surface area contributed by atoms with Crippen molar-refractivity contribution in [3.63, 3.8) is 0 Å². The van der Waals surface area contributed by atoms with Crippen molar-refractivity contribution in [1.29, 1.82) is 0 Å². The number of anilines is 1. The molecule has 0 saturated heterocycles. The van der Waals surface area contributed by atoms with Crippen LogP contribution in [0.25, 0.3) is 0 Å². The molecule has 0 saturated carbocycles. The number of nitrogens with one attached hydrogen (secondary N) is 1. The van der Waals surface area contributed by atoms with Crippen LogP contribution in [0.4, 0.5) is 5.69 Å². The average molecular weight is 309 g/mol. The molecular formula is C13H15N3O4S. The molecule has 0 spiro atoms. The van der Waals surface area contributed by atoms with E-state index in [1.54, 1.807) is 6.07 Å². The summed E-state index contributed by atoms with van der Waals surface area (Å²) in [7, 11) is -2.30. The van der Waals surface area contributed by atoms with Gasteiger partial charge in [-0.05, 0) is 30.2 Å². The Morgan fingerprint density at radius 1 is 1.38 bits per heavy atom. The molecular weight excluding hydrogens is 294 g/mol. The largest absolute Gasteiger partial charge is 0.478 e. The SMILES string of the molecule is CCc1ccc(C(=O)O)cc1NS(=O)(=O)c1ccnn1C. The Labute approximate surface area is 122 Å². The number of carboxylic acids is 1. The highest BCUT2D eigenvalue weighted by atomic mass is 32.2. The monoisotopic (exact) mass is 309 g/mol. The minimum Gasteiger partial charge on any atom is -0.478 e. The second-order valence-corrected chi connectivity index (χ2v) is 6.06. The van der Waals surface area contributed by atoms with Gasteiger partial charge in [-0.2, -0.15) is 13.5 Å². The van der Waals surface area contributed by atoms with E-state index in [1.165, 1.54) is 36.1 Å². The van der Waals surface area contributed by atoms with Gasteiger partial charge in [0.1, 0.15) is 0 Å². The molecule has 0 aliphatic carbocycles. The fourth-order valence-electron chi connectivity index (χ4n) is 1.94. The van der Waals surface area contributed by atoms with Crippen LogP contribution in [0.15, 0.2) is 35.5 Å². The van der Waals surface area contributed by atoms with Crippen LogP contribution >= 0.6 is 0 Å². The number of benzene rings is 1. The minimum atomic E-state index is -3.82. The summed E-state index contributed by atoms with van der Waals surface area (Å²) in [6, 6.07) is 5.73. The number of rotatable bonds is 5. The summed E-state index contributed by atoms with van der Waals surface area (Å²) in [4.78, 5) is 11.0. The molecule has 0 amide bonds. The smallest absolute Gasteiger partial charge is 0.335 e. The van der Waals surface area contributed by atoms with Crippen molar-refractivity contribution in [2.75, 3.05) is 4.72 Å². The van der Waals surface area contributed by atoms with Gasteiger partial charge in [0.15, 0.2) is 5.03 Å².